The number of aryl methyl sites for hydroxylation is 1. The van der Waals surface area contributed by atoms with Crippen LogP contribution in [0.5, 0.6) is 40.2 Å². The summed E-state index contributed by atoms with van der Waals surface area (Å²) in [6, 6.07) is 46.4. The SMILES string of the molecule is CC(C)C.CC(C)C.CC(C)C.COc1ccc2c(=O)cc(-c3ccn(C(C)C)n3)[nH]c2c1.COc1ccc2c(=O)cc(-c3nc(C(C)C)cs3)[nH]c2c1.COc1ccc2c(=O)cc(-n3ccc(NC(C)C)n3)[nH]c2c1.COc1ccc2c(OC(C)C)cc(-c3cccc(NC(C)C)n3)nc2c1Cl.COc1ccc2c(OC(C)C)cc(-c3nccc(C)n3)nc2c1. The van der Waals surface area contributed by atoms with Gasteiger partial charge in [-0.2, -0.15) is 5.10 Å². The van der Waals surface area contributed by atoms with Crippen LogP contribution in [-0.2, 0) is 0 Å². The summed E-state index contributed by atoms with van der Waals surface area (Å²) in [6.45, 7) is 46.0. The Balaban J connectivity index is 0.000000189. The van der Waals surface area contributed by atoms with Crippen molar-refractivity contribution in [2.24, 2.45) is 17.8 Å². The number of halogens is 1. The first-order chi connectivity index (χ1) is 59.9. The van der Waals surface area contributed by atoms with Gasteiger partial charge in [0.15, 0.2) is 22.1 Å². The van der Waals surface area contributed by atoms with E-state index in [-0.39, 0.29) is 40.6 Å². The number of nitrogens with zero attached hydrogens (tertiary/aromatic N) is 10. The molecule has 0 amide bonds. The number of nitrogens with one attached hydrogen (secondary N) is 5. The quantitative estimate of drug-likeness (QED) is 0.0473. The van der Waals surface area contributed by atoms with E-state index in [2.05, 4.69) is 165 Å². The van der Waals surface area contributed by atoms with Gasteiger partial charge in [0, 0.05) is 135 Å². The number of methoxy groups -OCH3 is 5. The van der Waals surface area contributed by atoms with Crippen LogP contribution in [-0.4, -0.2) is 124 Å². The monoisotopic (exact) mass is 1750 g/mol. The standard InChI is InChI=1S/C21H24ClN3O2.C18H19N3O2.C16H18N4O2.C16H17N3O2.C16H16N2O2S.3C4H10/c1-12(2)23-19-8-6-7-15(24-19)16-11-18(27-13(3)4)14-9-10-17(26-5)20(22)21(14)25-16;1-11(2)23-17-10-16(18-19-8-7-12(3)20-18)21-15-9-13(22-4)5-6-14(15)17;1-10(2)17-15-6-7-20(19-15)16-9-14(21)12-5-4-11(22-3)8-13(12)18-16;1-10(2)19-7-6-13(18-19)15-9-16(20)12-5-4-11(21-3)8-14(12)17-15;1-9(2)14-8-21-16(18-14)13-7-15(19)11-5-4-10(20-3)6-12(11)17-13;3*1-4(2)3/h6-13H,1-5H3,(H,23,24);5-11H,1-4H3;4-10H,1-3H3,(H,17,19)(H,18,21);4-10H,1-3H3,(H,17,20);4-9H,1-3H3,(H,17,19);3*4H,1-3H3. The third-order valence-electron chi connectivity index (χ3n) is 17.4. The average molecular weight is 1750 g/mol. The van der Waals surface area contributed by atoms with Gasteiger partial charge in [-0.05, 0) is 185 Å². The molecule has 0 unspecified atom stereocenters. The van der Waals surface area contributed by atoms with Gasteiger partial charge in [0.05, 0.1) is 104 Å². The maximum absolute atomic E-state index is 12.2. The van der Waals surface area contributed by atoms with E-state index >= 15 is 0 Å². The number of aromatic nitrogens is 13. The number of benzene rings is 5. The van der Waals surface area contributed by atoms with Crippen molar-refractivity contribution in [2.45, 2.75) is 189 Å². The Morgan fingerprint density at radius 2 is 0.929 bits per heavy atom. The zero-order valence-corrected chi connectivity index (χ0v) is 79.4. The molecule has 668 valence electrons. The number of anilines is 2. The lowest BCUT2D eigenvalue weighted by molar-refractivity contribution is 0.245. The minimum absolute atomic E-state index is 0.0114. The van der Waals surface area contributed by atoms with Gasteiger partial charge in [0.25, 0.3) is 0 Å². The Labute approximate surface area is 748 Å². The maximum Gasteiger partial charge on any atom is 0.191 e. The van der Waals surface area contributed by atoms with Crippen molar-refractivity contribution in [3.05, 3.63) is 223 Å². The van der Waals surface area contributed by atoms with Crippen LogP contribution in [0.2, 0.25) is 5.02 Å². The van der Waals surface area contributed by atoms with Crippen LogP contribution < -0.4 is 60.1 Å². The third kappa shape index (κ3) is 28.7. The van der Waals surface area contributed by atoms with E-state index in [1.54, 1.807) is 118 Å². The van der Waals surface area contributed by atoms with E-state index < -0.39 is 0 Å². The second-order valence-corrected chi connectivity index (χ2v) is 34.7. The number of ether oxygens (including phenoxy) is 7. The molecule has 10 heterocycles. The van der Waals surface area contributed by atoms with Gasteiger partial charge >= 0.3 is 0 Å². The fraction of sp³-hybridized carbons (Fsp3) is 0.364. The predicted octanol–water partition coefficient (Wildman–Crippen LogP) is 23.7. The van der Waals surface area contributed by atoms with Crippen molar-refractivity contribution in [3.63, 3.8) is 0 Å². The Kier molecular flexibility index (Phi) is 36.7. The van der Waals surface area contributed by atoms with E-state index in [1.807, 2.05) is 162 Å². The van der Waals surface area contributed by atoms with Gasteiger partial charge in [-0.25, -0.2) is 34.6 Å². The van der Waals surface area contributed by atoms with E-state index in [0.717, 1.165) is 119 Å². The molecule has 15 aromatic rings. The highest BCUT2D eigenvalue weighted by atomic mass is 35.5. The normalized spacial score (nSPS) is 11.0. The van der Waals surface area contributed by atoms with Gasteiger partial charge in [-0.15, -0.1) is 16.4 Å². The van der Waals surface area contributed by atoms with Crippen LogP contribution in [0.3, 0.4) is 0 Å². The topological polar surface area (TPSA) is 300 Å². The molecule has 5 N–H and O–H groups in total. The average Bonchev–Trinajstić information content (AvgIpc) is 1.11. The second-order valence-electron chi connectivity index (χ2n) is 33.4. The molecular weight excluding hydrogens is 1630 g/mol. The van der Waals surface area contributed by atoms with Crippen molar-refractivity contribution in [1.29, 1.82) is 0 Å². The summed E-state index contributed by atoms with van der Waals surface area (Å²) < 4.78 is 41.7. The molecule has 0 fully saturated rings. The summed E-state index contributed by atoms with van der Waals surface area (Å²) in [7, 11) is 8.04. The molecule has 25 nitrogen and oxygen atoms in total. The van der Waals surface area contributed by atoms with Gasteiger partial charge in [0.1, 0.15) is 79.1 Å². The zero-order chi connectivity index (χ0) is 92.3. The molecule has 10 aromatic heterocycles. The number of fused-ring (bicyclic) bond motifs is 5. The van der Waals surface area contributed by atoms with Gasteiger partial charge in [-0.3, -0.25) is 19.1 Å². The van der Waals surface area contributed by atoms with E-state index in [1.165, 1.54) is 0 Å². The largest absolute Gasteiger partial charge is 0.497 e. The molecule has 15 rings (SSSR count). The molecule has 27 heteroatoms. The zero-order valence-electron chi connectivity index (χ0n) is 77.8. The van der Waals surface area contributed by atoms with Crippen LogP contribution in [0, 0.1) is 24.7 Å². The highest BCUT2D eigenvalue weighted by Gasteiger charge is 2.20. The van der Waals surface area contributed by atoms with Crippen LogP contribution in [0.25, 0.3) is 105 Å². The van der Waals surface area contributed by atoms with Gasteiger partial charge < -0.3 is 58.7 Å². The molecular formula is C99H124ClN15O10S. The molecule has 5 aromatic carbocycles. The molecule has 126 heavy (non-hydrogen) atoms. The van der Waals surface area contributed by atoms with Crippen LogP contribution in [0.15, 0.2) is 190 Å². The molecule has 0 spiro atoms. The molecule has 0 saturated heterocycles. The summed E-state index contributed by atoms with van der Waals surface area (Å²) in [4.78, 5) is 73.9. The Hall–Kier alpha value is -12.7. The van der Waals surface area contributed by atoms with Crippen LogP contribution >= 0.6 is 22.9 Å². The van der Waals surface area contributed by atoms with Crippen molar-refractivity contribution in [3.8, 4) is 91.1 Å². The number of pyridine rings is 6. The Morgan fingerprint density at radius 1 is 0.429 bits per heavy atom. The fourth-order valence-corrected chi connectivity index (χ4v) is 13.1. The highest BCUT2D eigenvalue weighted by molar-refractivity contribution is 7.13. The number of rotatable bonds is 20. The van der Waals surface area contributed by atoms with Crippen molar-refractivity contribution in [1.82, 2.24) is 64.4 Å². The summed E-state index contributed by atoms with van der Waals surface area (Å²) in [5, 5.41) is 22.5. The van der Waals surface area contributed by atoms with Crippen LogP contribution in [0.1, 0.15) is 169 Å². The number of thiazole rings is 1. The van der Waals surface area contributed by atoms with E-state index in [9.17, 15) is 14.4 Å². The number of H-pyrrole nitrogens is 3. The molecule has 0 radical (unpaired) electrons. The fourth-order valence-electron chi connectivity index (χ4n) is 11.9. The molecule has 0 atom stereocenters. The minimum Gasteiger partial charge on any atom is -0.497 e. The summed E-state index contributed by atoms with van der Waals surface area (Å²) >= 11 is 8.08. The number of aromatic amines is 3. The molecule has 0 aliphatic carbocycles. The lowest BCUT2D eigenvalue weighted by Crippen LogP contribution is -2.11. The predicted molar refractivity (Wildman–Crippen MR) is 518 cm³/mol. The first-order valence-electron chi connectivity index (χ1n) is 42.4. The first-order valence-corrected chi connectivity index (χ1v) is 43.6. The summed E-state index contributed by atoms with van der Waals surface area (Å²) in [5.74, 6) is 10.6. The Morgan fingerprint density at radius 3 is 1.44 bits per heavy atom. The smallest absolute Gasteiger partial charge is 0.191 e. The van der Waals surface area contributed by atoms with Crippen molar-refractivity contribution >= 4 is 89.1 Å². The van der Waals surface area contributed by atoms with Gasteiger partial charge in [0.2, 0.25) is 0 Å². The lowest BCUT2D eigenvalue weighted by atomic mass is 10.1. The lowest BCUT2D eigenvalue weighted by Gasteiger charge is -2.16. The first kappa shape index (κ1) is 98.8. The second kappa shape index (κ2) is 46.9. The minimum atomic E-state index is -0.0553. The third-order valence-corrected chi connectivity index (χ3v) is 18.6. The molecule has 0 aliphatic heterocycles. The van der Waals surface area contributed by atoms with Gasteiger partial charge in [-0.1, -0.05) is 93.8 Å². The molecule has 0 saturated carbocycles. The maximum atomic E-state index is 12.2. The Bertz CT molecular complexity index is 6080. The van der Waals surface area contributed by atoms with Crippen molar-refractivity contribution in [2.75, 3.05) is 46.2 Å². The number of hydrogen-bond donors (Lipinski definition) is 5. The molecule has 0 bridgehead atoms. The van der Waals surface area contributed by atoms with Crippen molar-refractivity contribution < 1.29 is 33.2 Å². The van der Waals surface area contributed by atoms with E-state index in [0.29, 0.717) is 84.6 Å². The molecule has 0 aliphatic rings. The van der Waals surface area contributed by atoms with E-state index in [4.69, 9.17) is 49.7 Å². The van der Waals surface area contributed by atoms with Crippen LogP contribution in [0.4, 0.5) is 11.6 Å². The summed E-state index contributed by atoms with van der Waals surface area (Å²) in [5.41, 5.74) is 9.84. The summed E-state index contributed by atoms with van der Waals surface area (Å²) in [6.07, 6.45) is 5.54. The highest BCUT2D eigenvalue weighted by Crippen LogP contribution is 2.39. The number of hydrogen-bond acceptors (Lipinski definition) is 21.